The number of hydrogen-bond acceptors (Lipinski definition) is 7. The number of ether oxygens (including phenoxy) is 2. The topological polar surface area (TPSA) is 74.0 Å². The van der Waals surface area contributed by atoms with Gasteiger partial charge in [0.25, 0.3) is 0 Å². The lowest BCUT2D eigenvalue weighted by Gasteiger charge is -2.07. The summed E-state index contributed by atoms with van der Waals surface area (Å²) in [6.45, 7) is 8.91. The highest BCUT2D eigenvalue weighted by Crippen LogP contribution is 2.10. The number of carbonyl (C=O) groups is 3. The Balaban J connectivity index is 5.23. The van der Waals surface area contributed by atoms with E-state index >= 15 is 0 Å². The second-order valence-corrected chi connectivity index (χ2v) is 5.74. The Bertz CT molecular complexity index is 470. The van der Waals surface area contributed by atoms with Crippen LogP contribution < -0.4 is 0 Å². The fourth-order valence-electron chi connectivity index (χ4n) is 1.32. The van der Waals surface area contributed by atoms with Crippen molar-refractivity contribution in [2.75, 3.05) is 37.2 Å². The minimum absolute atomic E-state index is 0.0665. The van der Waals surface area contributed by atoms with E-state index in [1.807, 2.05) is 6.26 Å². The van der Waals surface area contributed by atoms with E-state index in [1.165, 1.54) is 23.5 Å². The molecule has 0 N–H and O–H groups in total. The van der Waals surface area contributed by atoms with Gasteiger partial charge in [0.15, 0.2) is 5.78 Å². The molecule has 0 fully saturated rings. The number of carbonyl (C=O) groups excluding carboxylic acids is 3. The Hall–Kier alpha value is -1.46. The van der Waals surface area contributed by atoms with E-state index in [9.17, 15) is 14.4 Å². The Morgan fingerprint density at radius 2 is 1.91 bits per heavy atom. The molecule has 0 saturated carbocycles. The Kier molecular flexibility index (Phi) is 11.3. The van der Waals surface area contributed by atoms with Crippen LogP contribution >= 0.6 is 23.5 Å². The number of ketones is 1. The second kappa shape index (κ2) is 12.1. The molecule has 0 aromatic rings. The molecule has 8 heteroatoms. The number of Topliss-reactive ketones (excluding diaryl/α,β-unsaturated/α-hetero) is 1. The van der Waals surface area contributed by atoms with Gasteiger partial charge in [0.2, 0.25) is 0 Å². The van der Waals surface area contributed by atoms with E-state index in [4.69, 9.17) is 16.0 Å². The number of thioether (sulfide) groups is 2. The average Bonchev–Trinajstić information content (AvgIpc) is 2.48. The molecule has 1 unspecified atom stereocenters. The molecule has 0 aromatic heterocycles. The summed E-state index contributed by atoms with van der Waals surface area (Å²) in [5.41, 5.74) is -0.274. The third kappa shape index (κ3) is 7.52. The molecule has 0 bridgehead atoms. The molecular weight excluding hydrogens is 326 g/mol. The zero-order valence-corrected chi connectivity index (χ0v) is 14.4. The van der Waals surface area contributed by atoms with E-state index in [0.29, 0.717) is 5.75 Å². The number of esters is 2. The van der Waals surface area contributed by atoms with Gasteiger partial charge in [-0.25, -0.2) is 16.2 Å². The number of nitrogens with zero attached hydrogens (tertiary/aromatic N) is 1. The first kappa shape index (κ1) is 20.5. The third-order valence-electron chi connectivity index (χ3n) is 2.31. The Morgan fingerprint density at radius 3 is 2.41 bits per heavy atom. The van der Waals surface area contributed by atoms with Crippen molar-refractivity contribution in [3.05, 3.63) is 23.1 Å². The summed E-state index contributed by atoms with van der Waals surface area (Å²) in [5.74, 6) is -1.41. The lowest BCUT2D eigenvalue weighted by molar-refractivity contribution is -0.142. The summed E-state index contributed by atoms with van der Waals surface area (Å²) >= 11 is 2.74. The molecule has 0 saturated heterocycles. The monoisotopic (exact) mass is 345 g/mol. The minimum atomic E-state index is -1.33. The SMILES string of the molecule is [C-]#[N+]C(C=C(C(=O)CSC)C(=O)OCCSC)C(=O)OCC. The molecule has 6 nitrogen and oxygen atoms in total. The molecule has 1 atom stereocenters. The first-order valence-corrected chi connectivity index (χ1v) is 9.23. The normalized spacial score (nSPS) is 12.2. The second-order valence-electron chi connectivity index (χ2n) is 3.89. The van der Waals surface area contributed by atoms with Gasteiger partial charge in [-0.3, -0.25) is 9.64 Å². The molecule has 22 heavy (non-hydrogen) atoms. The largest absolute Gasteiger partial charge is 0.461 e. The molecule has 0 aromatic carbocycles. The van der Waals surface area contributed by atoms with Gasteiger partial charge in [0.05, 0.1) is 12.4 Å². The van der Waals surface area contributed by atoms with Crippen molar-refractivity contribution in [1.82, 2.24) is 0 Å². The summed E-state index contributed by atoms with van der Waals surface area (Å²) in [5, 5.41) is 0. The third-order valence-corrected chi connectivity index (χ3v) is 3.43. The van der Waals surface area contributed by atoms with Gasteiger partial charge in [-0.2, -0.15) is 23.5 Å². The van der Waals surface area contributed by atoms with Crippen molar-refractivity contribution in [2.45, 2.75) is 13.0 Å². The van der Waals surface area contributed by atoms with Crippen molar-refractivity contribution in [1.29, 1.82) is 0 Å². The van der Waals surface area contributed by atoms with Gasteiger partial charge >= 0.3 is 18.0 Å². The fraction of sp³-hybridized carbons (Fsp3) is 0.571. The molecule has 0 rings (SSSR count). The van der Waals surface area contributed by atoms with Crippen LogP contribution in [0.25, 0.3) is 4.85 Å². The highest BCUT2D eigenvalue weighted by Gasteiger charge is 2.28. The van der Waals surface area contributed by atoms with E-state index in [0.717, 1.165) is 6.08 Å². The predicted octanol–water partition coefficient (Wildman–Crippen LogP) is 1.60. The van der Waals surface area contributed by atoms with E-state index in [1.54, 1.807) is 13.2 Å². The maximum absolute atomic E-state index is 12.0. The maximum Gasteiger partial charge on any atom is 0.394 e. The molecule has 0 aliphatic heterocycles. The molecule has 0 aliphatic carbocycles. The van der Waals surface area contributed by atoms with Crippen LogP contribution in [0.5, 0.6) is 0 Å². The summed E-state index contributed by atoms with van der Waals surface area (Å²) in [7, 11) is 0. The van der Waals surface area contributed by atoms with Crippen molar-refractivity contribution in [2.24, 2.45) is 0 Å². The van der Waals surface area contributed by atoms with Crippen molar-refractivity contribution in [3.8, 4) is 0 Å². The first-order chi connectivity index (χ1) is 10.5. The zero-order valence-electron chi connectivity index (χ0n) is 12.8. The van der Waals surface area contributed by atoms with Gasteiger partial charge in [-0.05, 0) is 19.4 Å². The van der Waals surface area contributed by atoms with E-state index in [2.05, 4.69) is 4.85 Å². The molecule has 0 radical (unpaired) electrons. The lowest BCUT2D eigenvalue weighted by Crippen LogP contribution is -2.24. The number of rotatable bonds is 10. The molecule has 0 heterocycles. The van der Waals surface area contributed by atoms with Crippen LogP contribution in [0.15, 0.2) is 11.6 Å². The van der Waals surface area contributed by atoms with Crippen LogP contribution in [0.1, 0.15) is 6.92 Å². The van der Waals surface area contributed by atoms with Crippen LogP contribution in [0.2, 0.25) is 0 Å². The summed E-state index contributed by atoms with van der Waals surface area (Å²) in [6, 6.07) is -1.33. The Morgan fingerprint density at radius 1 is 1.23 bits per heavy atom. The highest BCUT2D eigenvalue weighted by atomic mass is 32.2. The molecular formula is C14H19NO5S2. The van der Waals surface area contributed by atoms with Crippen LogP contribution in [0.3, 0.4) is 0 Å². The summed E-state index contributed by atoms with van der Waals surface area (Å²) < 4.78 is 9.73. The van der Waals surface area contributed by atoms with Crippen molar-refractivity contribution in [3.63, 3.8) is 0 Å². The summed E-state index contributed by atoms with van der Waals surface area (Å²) in [4.78, 5) is 38.7. The van der Waals surface area contributed by atoms with Crippen molar-refractivity contribution < 1.29 is 23.9 Å². The minimum Gasteiger partial charge on any atom is -0.461 e. The summed E-state index contributed by atoms with van der Waals surface area (Å²) in [6.07, 6.45) is 4.61. The molecule has 0 aliphatic rings. The quantitative estimate of drug-likeness (QED) is 0.149. The molecule has 0 spiro atoms. The lowest BCUT2D eigenvalue weighted by atomic mass is 10.1. The first-order valence-electron chi connectivity index (χ1n) is 6.44. The van der Waals surface area contributed by atoms with E-state index in [-0.39, 0.29) is 24.5 Å². The zero-order chi connectivity index (χ0) is 17.0. The maximum atomic E-state index is 12.0. The average molecular weight is 345 g/mol. The van der Waals surface area contributed by atoms with Crippen LogP contribution in [0.4, 0.5) is 0 Å². The van der Waals surface area contributed by atoms with Crippen molar-refractivity contribution >= 4 is 41.2 Å². The van der Waals surface area contributed by atoms with E-state index < -0.39 is 23.8 Å². The highest BCUT2D eigenvalue weighted by molar-refractivity contribution is 7.99. The number of hydrogen-bond donors (Lipinski definition) is 0. The fourth-order valence-corrected chi connectivity index (χ4v) is 1.99. The van der Waals surface area contributed by atoms with Gasteiger partial charge < -0.3 is 9.47 Å². The predicted molar refractivity (Wildman–Crippen MR) is 87.8 cm³/mol. The Labute approximate surface area is 138 Å². The van der Waals surface area contributed by atoms with Crippen LogP contribution in [0, 0.1) is 6.57 Å². The smallest absolute Gasteiger partial charge is 0.394 e. The van der Waals surface area contributed by atoms with Crippen LogP contribution in [-0.4, -0.2) is 61.0 Å². The van der Waals surface area contributed by atoms with Gasteiger partial charge in [-0.15, -0.1) is 0 Å². The van der Waals surface area contributed by atoms with Gasteiger partial charge in [0, 0.05) is 11.8 Å². The molecule has 122 valence electrons. The van der Waals surface area contributed by atoms with Crippen LogP contribution in [-0.2, 0) is 23.9 Å². The van der Waals surface area contributed by atoms with Gasteiger partial charge in [-0.1, -0.05) is 0 Å². The van der Waals surface area contributed by atoms with Gasteiger partial charge in [0.1, 0.15) is 12.2 Å². The molecule has 0 amide bonds. The standard InChI is InChI=1S/C14H19NO5S2/c1-5-19-14(18)11(15-2)8-10(12(16)9-22-4)13(17)20-6-7-21-3/h8,11H,5-7,9H2,1,3-4H3.